The molecule has 0 aliphatic heterocycles. The van der Waals surface area contributed by atoms with E-state index >= 15 is 0 Å². The van der Waals surface area contributed by atoms with Crippen molar-refractivity contribution in [3.8, 4) is 0 Å². The molecule has 0 aliphatic rings. The van der Waals surface area contributed by atoms with Crippen LogP contribution in [0, 0.1) is 11.3 Å². The van der Waals surface area contributed by atoms with Crippen LogP contribution in [0.25, 0.3) is 0 Å². The Morgan fingerprint density at radius 3 is 2.46 bits per heavy atom. The number of rotatable bonds is 4. The number of nitrogens with one attached hydrogen (secondary N) is 1. The van der Waals surface area contributed by atoms with Gasteiger partial charge in [0.15, 0.2) is 0 Å². The van der Waals surface area contributed by atoms with Gasteiger partial charge < -0.3 is 16.3 Å². The van der Waals surface area contributed by atoms with Crippen molar-refractivity contribution in [1.29, 1.82) is 0 Å². The molecular formula is C9H21N3O. The Kier molecular flexibility index (Phi) is 4.77. The molecule has 0 saturated heterocycles. The second-order valence-electron chi connectivity index (χ2n) is 4.62. The van der Waals surface area contributed by atoms with E-state index in [1.165, 1.54) is 0 Å². The highest BCUT2D eigenvalue weighted by Crippen LogP contribution is 2.10. The van der Waals surface area contributed by atoms with Crippen molar-refractivity contribution >= 4 is 5.84 Å². The summed E-state index contributed by atoms with van der Waals surface area (Å²) in [4.78, 5) is 0. The molecule has 0 aromatic rings. The first-order valence-electron chi connectivity index (χ1n) is 4.55. The monoisotopic (exact) mass is 187 g/mol. The summed E-state index contributed by atoms with van der Waals surface area (Å²) in [5, 5.41) is 14.6. The molecule has 0 aliphatic carbocycles. The summed E-state index contributed by atoms with van der Waals surface area (Å²) in [6.07, 6.45) is 0. The predicted molar refractivity (Wildman–Crippen MR) is 54.9 cm³/mol. The summed E-state index contributed by atoms with van der Waals surface area (Å²) in [6.45, 7) is 10.1. The largest absolute Gasteiger partial charge is 0.409 e. The van der Waals surface area contributed by atoms with E-state index in [4.69, 9.17) is 10.9 Å². The predicted octanol–water partition coefficient (Wildman–Crippen LogP) is 1.00. The van der Waals surface area contributed by atoms with Crippen molar-refractivity contribution in [3.63, 3.8) is 0 Å². The Morgan fingerprint density at radius 2 is 2.08 bits per heavy atom. The third kappa shape index (κ3) is 6.40. The number of hydrogen-bond donors (Lipinski definition) is 3. The average molecular weight is 187 g/mol. The molecule has 1 atom stereocenters. The van der Waals surface area contributed by atoms with Gasteiger partial charge in [0, 0.05) is 19.0 Å². The van der Waals surface area contributed by atoms with Crippen LogP contribution in [0.5, 0.6) is 0 Å². The van der Waals surface area contributed by atoms with E-state index in [1.54, 1.807) is 0 Å². The quantitative estimate of drug-likeness (QED) is 0.266. The molecule has 0 rings (SSSR count). The minimum atomic E-state index is 0.0762. The molecule has 0 saturated carbocycles. The van der Waals surface area contributed by atoms with Gasteiger partial charge in [-0.05, 0) is 5.41 Å². The topological polar surface area (TPSA) is 70.6 Å². The zero-order valence-corrected chi connectivity index (χ0v) is 8.96. The number of oxime groups is 1. The molecule has 0 bridgehead atoms. The zero-order valence-electron chi connectivity index (χ0n) is 8.96. The van der Waals surface area contributed by atoms with Crippen LogP contribution < -0.4 is 11.1 Å². The molecule has 0 heterocycles. The summed E-state index contributed by atoms with van der Waals surface area (Å²) in [6, 6.07) is 0. The van der Waals surface area contributed by atoms with E-state index in [2.05, 4.69) is 31.2 Å². The molecule has 78 valence electrons. The fourth-order valence-corrected chi connectivity index (χ4v) is 0.867. The van der Waals surface area contributed by atoms with Crippen molar-refractivity contribution in [3.05, 3.63) is 0 Å². The third-order valence-corrected chi connectivity index (χ3v) is 1.73. The Bertz CT molecular complexity index is 172. The summed E-state index contributed by atoms with van der Waals surface area (Å²) in [5.74, 6) is 0.355. The fraction of sp³-hybridized carbons (Fsp3) is 0.889. The normalized spacial score (nSPS) is 15.8. The Hall–Kier alpha value is -0.770. The Labute approximate surface area is 80.2 Å². The van der Waals surface area contributed by atoms with Crippen molar-refractivity contribution in [2.75, 3.05) is 13.1 Å². The fourth-order valence-electron chi connectivity index (χ4n) is 0.867. The van der Waals surface area contributed by atoms with Gasteiger partial charge in [-0.1, -0.05) is 32.9 Å². The first-order valence-corrected chi connectivity index (χ1v) is 4.55. The van der Waals surface area contributed by atoms with E-state index < -0.39 is 0 Å². The van der Waals surface area contributed by atoms with Crippen molar-refractivity contribution in [2.24, 2.45) is 22.2 Å². The number of nitrogens with two attached hydrogens (primary N) is 1. The van der Waals surface area contributed by atoms with E-state index in [0.29, 0.717) is 0 Å². The van der Waals surface area contributed by atoms with Crippen LogP contribution in [0.3, 0.4) is 0 Å². The molecule has 0 spiro atoms. The first-order chi connectivity index (χ1) is 5.87. The first kappa shape index (κ1) is 12.2. The molecule has 4 nitrogen and oxygen atoms in total. The van der Waals surface area contributed by atoms with Gasteiger partial charge in [-0.25, -0.2) is 0 Å². The van der Waals surface area contributed by atoms with E-state index in [-0.39, 0.29) is 17.2 Å². The van der Waals surface area contributed by atoms with Gasteiger partial charge in [-0.2, -0.15) is 0 Å². The minimum absolute atomic E-state index is 0.0762. The van der Waals surface area contributed by atoms with E-state index in [0.717, 1.165) is 13.1 Å². The van der Waals surface area contributed by atoms with Crippen LogP contribution in [-0.4, -0.2) is 24.1 Å². The van der Waals surface area contributed by atoms with E-state index in [9.17, 15) is 0 Å². The van der Waals surface area contributed by atoms with Crippen LogP contribution in [0.15, 0.2) is 5.16 Å². The van der Waals surface area contributed by atoms with Gasteiger partial charge in [0.1, 0.15) is 5.84 Å². The van der Waals surface area contributed by atoms with Gasteiger partial charge in [-0.3, -0.25) is 0 Å². The molecule has 1 unspecified atom stereocenters. The summed E-state index contributed by atoms with van der Waals surface area (Å²) >= 11 is 0. The molecule has 0 aromatic heterocycles. The number of hydrogen-bond acceptors (Lipinski definition) is 3. The maximum Gasteiger partial charge on any atom is 0.143 e. The van der Waals surface area contributed by atoms with Crippen molar-refractivity contribution < 1.29 is 5.21 Å². The number of nitrogens with zero attached hydrogens (tertiary/aromatic N) is 1. The lowest BCUT2D eigenvalue weighted by molar-refractivity contribution is 0.313. The lowest BCUT2D eigenvalue weighted by Gasteiger charge is -2.20. The molecule has 4 N–H and O–H groups in total. The molecule has 0 aromatic carbocycles. The number of amidine groups is 1. The van der Waals surface area contributed by atoms with Gasteiger partial charge in [-0.15, -0.1) is 0 Å². The summed E-state index contributed by atoms with van der Waals surface area (Å²) in [7, 11) is 0. The molecular weight excluding hydrogens is 166 g/mol. The Balaban J connectivity index is 3.66. The van der Waals surface area contributed by atoms with Crippen LogP contribution >= 0.6 is 0 Å². The van der Waals surface area contributed by atoms with Crippen LogP contribution in [0.4, 0.5) is 0 Å². The summed E-state index contributed by atoms with van der Waals surface area (Å²) in [5.41, 5.74) is 5.69. The van der Waals surface area contributed by atoms with Gasteiger partial charge in [0.2, 0.25) is 0 Å². The highest BCUT2D eigenvalue weighted by molar-refractivity contribution is 5.82. The highest BCUT2D eigenvalue weighted by Gasteiger charge is 2.11. The smallest absolute Gasteiger partial charge is 0.143 e. The third-order valence-electron chi connectivity index (χ3n) is 1.73. The van der Waals surface area contributed by atoms with Crippen molar-refractivity contribution in [1.82, 2.24) is 5.32 Å². The Morgan fingerprint density at radius 1 is 1.54 bits per heavy atom. The van der Waals surface area contributed by atoms with Gasteiger partial charge >= 0.3 is 0 Å². The van der Waals surface area contributed by atoms with Gasteiger partial charge in [0.25, 0.3) is 0 Å². The zero-order chi connectivity index (χ0) is 10.5. The maximum absolute atomic E-state index is 8.40. The van der Waals surface area contributed by atoms with Crippen LogP contribution in [0.1, 0.15) is 27.7 Å². The van der Waals surface area contributed by atoms with Crippen LogP contribution in [0.2, 0.25) is 0 Å². The average Bonchev–Trinajstić information content (AvgIpc) is 2.00. The molecule has 13 heavy (non-hydrogen) atoms. The maximum atomic E-state index is 8.40. The van der Waals surface area contributed by atoms with Crippen LogP contribution in [-0.2, 0) is 0 Å². The van der Waals surface area contributed by atoms with Gasteiger partial charge in [0.05, 0.1) is 0 Å². The molecule has 4 heteroatoms. The summed E-state index contributed by atoms with van der Waals surface area (Å²) < 4.78 is 0. The van der Waals surface area contributed by atoms with E-state index in [1.807, 2.05) is 6.92 Å². The highest BCUT2D eigenvalue weighted by atomic mass is 16.4. The standard InChI is InChI=1S/C9H21N3O/c1-7(8(10)12-13)5-11-6-9(2,3)4/h7,11,13H,5-6H2,1-4H3,(H2,10,12). The molecule has 0 fully saturated rings. The van der Waals surface area contributed by atoms with Crippen molar-refractivity contribution in [2.45, 2.75) is 27.7 Å². The SMILES string of the molecule is CC(CNCC(C)(C)C)C(N)=NO. The minimum Gasteiger partial charge on any atom is -0.409 e. The lowest BCUT2D eigenvalue weighted by Crippen LogP contribution is -2.35. The molecule has 0 amide bonds. The molecule has 0 radical (unpaired) electrons. The second kappa shape index (κ2) is 5.07. The lowest BCUT2D eigenvalue weighted by atomic mass is 9.97. The second-order valence-corrected chi connectivity index (χ2v) is 4.62.